The van der Waals surface area contributed by atoms with Crippen LogP contribution in [-0.2, 0) is 0 Å². The molecule has 0 aliphatic heterocycles. The summed E-state index contributed by atoms with van der Waals surface area (Å²) in [5.74, 6) is 3.17. The summed E-state index contributed by atoms with van der Waals surface area (Å²) in [5.41, 5.74) is 9.61. The number of benzene rings is 8. The summed E-state index contributed by atoms with van der Waals surface area (Å²) in [5, 5.41) is 7.88. The Morgan fingerprint density at radius 3 is 1.82 bits per heavy atom. The second-order valence-electron chi connectivity index (χ2n) is 16.7. The zero-order chi connectivity index (χ0) is 44.0. The number of thiophene rings is 1. The molecule has 14 aromatic rings. The number of fused-ring (bicyclic) bond motifs is 11. The fourth-order valence-electron chi connectivity index (χ4n) is 9.83. The van der Waals surface area contributed by atoms with Crippen LogP contribution in [0.1, 0.15) is 0 Å². The fraction of sp³-hybridized carbons (Fsp3) is 0. The molecule has 0 atom stereocenters. The van der Waals surface area contributed by atoms with Gasteiger partial charge in [0.25, 0.3) is 0 Å². The average Bonchev–Trinajstić information content (AvgIpc) is 4.06. The van der Waals surface area contributed by atoms with Crippen LogP contribution in [0.4, 0.5) is 0 Å². The molecule has 6 heterocycles. The lowest BCUT2D eigenvalue weighted by atomic mass is 10.1. The van der Waals surface area contributed by atoms with E-state index in [1.54, 1.807) is 0 Å². The second kappa shape index (κ2) is 14.8. The van der Waals surface area contributed by atoms with E-state index >= 15 is 0 Å². The Morgan fingerprint density at radius 1 is 0.373 bits per heavy atom. The van der Waals surface area contributed by atoms with Crippen LogP contribution >= 0.6 is 11.3 Å². The van der Waals surface area contributed by atoms with Crippen molar-refractivity contribution in [1.29, 1.82) is 0 Å². The third-order valence-corrected chi connectivity index (χ3v) is 14.0. The van der Waals surface area contributed by atoms with Gasteiger partial charge in [0, 0.05) is 75.6 Å². The number of aromatic nitrogens is 8. The number of hydrogen-bond acceptors (Lipinski definition) is 7. The quantitative estimate of drug-likeness (QED) is 0.165. The van der Waals surface area contributed by atoms with Gasteiger partial charge in [-0.1, -0.05) is 146 Å². The van der Waals surface area contributed by atoms with E-state index < -0.39 is 0 Å². The molecule has 0 bridgehead atoms. The summed E-state index contributed by atoms with van der Waals surface area (Å²) < 4.78 is 7.09. The van der Waals surface area contributed by atoms with E-state index in [1.165, 1.54) is 20.2 Å². The molecule has 0 saturated carbocycles. The van der Waals surface area contributed by atoms with Crippen LogP contribution < -0.4 is 0 Å². The van der Waals surface area contributed by atoms with Crippen molar-refractivity contribution in [2.45, 2.75) is 0 Å². The standard InChI is InChI=1S/C58H34N8S/c1-3-15-35(16-4-1)55-62-56(36-17-5-2-6-18-36)64-57(63-55)41-22-13-24-46-44(41)34-59-58(61-46)65-48-26-11-8-21-42(48)53-49(65)31-30-40-38-19-7-10-25-47(38)66(54(40)53)52-28-14-23-45(60-52)37-29-32-51-43(33-37)39-20-9-12-27-50(39)67-51/h1-34H. The van der Waals surface area contributed by atoms with Gasteiger partial charge in [0.1, 0.15) is 5.82 Å². The highest BCUT2D eigenvalue weighted by molar-refractivity contribution is 7.25. The first-order valence-electron chi connectivity index (χ1n) is 22.2. The summed E-state index contributed by atoms with van der Waals surface area (Å²) in [7, 11) is 0. The molecule has 0 amide bonds. The van der Waals surface area contributed by atoms with Gasteiger partial charge in [-0.25, -0.2) is 29.9 Å². The van der Waals surface area contributed by atoms with E-state index in [2.05, 4.69) is 130 Å². The molecule has 0 aliphatic rings. The van der Waals surface area contributed by atoms with Gasteiger partial charge in [0.2, 0.25) is 5.95 Å². The van der Waals surface area contributed by atoms with Crippen LogP contribution in [0.5, 0.6) is 0 Å². The third-order valence-electron chi connectivity index (χ3n) is 12.9. The average molecular weight is 875 g/mol. The Bertz CT molecular complexity index is 4230. The van der Waals surface area contributed by atoms with E-state index in [0.717, 1.165) is 88.3 Å². The van der Waals surface area contributed by atoms with Crippen LogP contribution in [0.25, 0.3) is 132 Å². The first kappa shape index (κ1) is 37.5. The van der Waals surface area contributed by atoms with Gasteiger partial charge in [-0.3, -0.25) is 9.13 Å². The van der Waals surface area contributed by atoms with Crippen LogP contribution in [0, 0.1) is 0 Å². The Morgan fingerprint density at radius 2 is 1.03 bits per heavy atom. The van der Waals surface area contributed by atoms with Gasteiger partial charge in [0.05, 0.1) is 33.3 Å². The summed E-state index contributed by atoms with van der Waals surface area (Å²) in [6.07, 6.45) is 1.91. The molecule has 0 fully saturated rings. The number of pyridine rings is 1. The lowest BCUT2D eigenvalue weighted by Crippen LogP contribution is -2.03. The van der Waals surface area contributed by atoms with Crippen molar-refractivity contribution in [2.75, 3.05) is 0 Å². The Balaban J connectivity index is 0.953. The fourth-order valence-corrected chi connectivity index (χ4v) is 10.9. The highest BCUT2D eigenvalue weighted by Gasteiger charge is 2.23. The largest absolute Gasteiger partial charge is 0.293 e. The van der Waals surface area contributed by atoms with Gasteiger partial charge in [-0.05, 0) is 54.6 Å². The molecule has 0 unspecified atom stereocenters. The summed E-state index contributed by atoms with van der Waals surface area (Å²) in [6.45, 7) is 0. The molecule has 312 valence electrons. The van der Waals surface area contributed by atoms with Crippen LogP contribution in [0.15, 0.2) is 206 Å². The molecule has 0 spiro atoms. The first-order chi connectivity index (χ1) is 33.2. The van der Waals surface area contributed by atoms with Crippen molar-refractivity contribution in [1.82, 2.24) is 39.0 Å². The molecule has 14 rings (SSSR count). The van der Waals surface area contributed by atoms with Crippen molar-refractivity contribution in [3.63, 3.8) is 0 Å². The lowest BCUT2D eigenvalue weighted by Gasteiger charge is -2.12. The molecule has 67 heavy (non-hydrogen) atoms. The maximum absolute atomic E-state index is 5.44. The summed E-state index contributed by atoms with van der Waals surface area (Å²) in [6, 6.07) is 69.5. The zero-order valence-corrected chi connectivity index (χ0v) is 36.4. The SMILES string of the molecule is c1ccc(-c2nc(-c3ccccc3)nc(-c3cccc4nc(-n5c6ccccc6c6c5ccc5c7ccccc7n(-c7cccc(-c8ccc9sc%10ccccc%10c9c8)n7)c56)ncc34)n2)cc1. The van der Waals surface area contributed by atoms with Crippen molar-refractivity contribution >= 4 is 86.0 Å². The lowest BCUT2D eigenvalue weighted by molar-refractivity contribution is 1.01. The topological polar surface area (TPSA) is 87.2 Å². The van der Waals surface area contributed by atoms with E-state index in [-0.39, 0.29) is 0 Å². The number of rotatable bonds is 6. The highest BCUT2D eigenvalue weighted by Crippen LogP contribution is 2.42. The predicted molar refractivity (Wildman–Crippen MR) is 274 cm³/mol. The highest BCUT2D eigenvalue weighted by atomic mass is 32.1. The normalized spacial score (nSPS) is 11.9. The van der Waals surface area contributed by atoms with Gasteiger partial charge in [-0.2, -0.15) is 0 Å². The monoisotopic (exact) mass is 874 g/mol. The van der Waals surface area contributed by atoms with E-state index in [9.17, 15) is 0 Å². The Kier molecular flexibility index (Phi) is 8.28. The molecule has 6 aromatic heterocycles. The van der Waals surface area contributed by atoms with Crippen molar-refractivity contribution in [2.24, 2.45) is 0 Å². The van der Waals surface area contributed by atoms with Crippen LogP contribution in [-0.4, -0.2) is 39.0 Å². The van der Waals surface area contributed by atoms with Gasteiger partial charge in [0.15, 0.2) is 17.5 Å². The first-order valence-corrected chi connectivity index (χ1v) is 23.0. The minimum absolute atomic E-state index is 0.555. The molecule has 0 radical (unpaired) electrons. The summed E-state index contributed by atoms with van der Waals surface area (Å²) >= 11 is 1.83. The predicted octanol–water partition coefficient (Wildman–Crippen LogP) is 14.4. The molecule has 8 nitrogen and oxygen atoms in total. The molecule has 0 aliphatic carbocycles. The van der Waals surface area contributed by atoms with Crippen molar-refractivity contribution in [3.8, 4) is 57.2 Å². The minimum atomic E-state index is 0.555. The molecular weight excluding hydrogens is 841 g/mol. The van der Waals surface area contributed by atoms with Gasteiger partial charge in [-0.15, -0.1) is 11.3 Å². The maximum atomic E-state index is 5.44. The third kappa shape index (κ3) is 5.92. The van der Waals surface area contributed by atoms with Crippen LogP contribution in [0.2, 0.25) is 0 Å². The molecule has 8 aromatic carbocycles. The Labute approximate surface area is 386 Å². The van der Waals surface area contributed by atoms with Crippen molar-refractivity contribution < 1.29 is 0 Å². The molecule has 9 heteroatoms. The van der Waals surface area contributed by atoms with Gasteiger partial charge >= 0.3 is 0 Å². The van der Waals surface area contributed by atoms with Gasteiger partial charge < -0.3 is 0 Å². The Hall–Kier alpha value is -8.92. The number of nitrogens with zero attached hydrogens (tertiary/aromatic N) is 8. The zero-order valence-electron chi connectivity index (χ0n) is 35.6. The summed E-state index contributed by atoms with van der Waals surface area (Å²) in [4.78, 5) is 30.9. The molecular formula is C58H34N8S. The van der Waals surface area contributed by atoms with E-state index in [1.807, 2.05) is 96.4 Å². The second-order valence-corrected chi connectivity index (χ2v) is 17.8. The molecule has 0 saturated heterocycles. The van der Waals surface area contributed by atoms with E-state index in [0.29, 0.717) is 23.4 Å². The van der Waals surface area contributed by atoms with Crippen molar-refractivity contribution in [3.05, 3.63) is 206 Å². The van der Waals surface area contributed by atoms with E-state index in [4.69, 9.17) is 29.9 Å². The van der Waals surface area contributed by atoms with Crippen LogP contribution in [0.3, 0.4) is 0 Å². The number of para-hydroxylation sites is 2. The number of hydrogen-bond donors (Lipinski definition) is 0. The smallest absolute Gasteiger partial charge is 0.235 e. The molecule has 0 N–H and O–H groups in total. The minimum Gasteiger partial charge on any atom is -0.293 e. The maximum Gasteiger partial charge on any atom is 0.235 e.